The van der Waals surface area contributed by atoms with E-state index in [1.165, 1.54) is 6.26 Å². The lowest BCUT2D eigenvalue weighted by molar-refractivity contribution is 0.349. The van der Waals surface area contributed by atoms with E-state index >= 15 is 0 Å². The van der Waals surface area contributed by atoms with Crippen molar-refractivity contribution in [3.8, 4) is 0 Å². The van der Waals surface area contributed by atoms with Gasteiger partial charge in [0, 0.05) is 17.1 Å². The quantitative estimate of drug-likeness (QED) is 0.829. The minimum atomic E-state index is -3.05. The van der Waals surface area contributed by atoms with E-state index in [1.807, 2.05) is 24.3 Å². The number of hydrogen-bond acceptors (Lipinski definition) is 6. The Hall–Kier alpha value is -1.25. The summed E-state index contributed by atoms with van der Waals surface area (Å²) in [6, 6.07) is 7.19. The van der Waals surface area contributed by atoms with Crippen LogP contribution in [0.15, 0.2) is 33.3 Å². The molecule has 0 aliphatic carbocycles. The molecule has 21 heavy (non-hydrogen) atoms. The van der Waals surface area contributed by atoms with Crippen LogP contribution in [0.5, 0.6) is 0 Å². The van der Waals surface area contributed by atoms with E-state index in [0.717, 1.165) is 10.0 Å². The lowest BCUT2D eigenvalue weighted by atomic mass is 10.1. The highest BCUT2D eigenvalue weighted by Gasteiger charge is 2.17. The zero-order valence-corrected chi connectivity index (χ0v) is 13.9. The van der Waals surface area contributed by atoms with Crippen molar-refractivity contribution >= 4 is 25.8 Å². The first kappa shape index (κ1) is 16.1. The Bertz CT molecular complexity index is 715. The summed E-state index contributed by atoms with van der Waals surface area (Å²) >= 11 is 3.46. The Balaban J connectivity index is 2.03. The smallest absolute Gasteiger partial charge is 0.243 e. The van der Waals surface area contributed by atoms with Crippen molar-refractivity contribution in [3.05, 3.63) is 46.0 Å². The van der Waals surface area contributed by atoms with Crippen LogP contribution in [0.3, 0.4) is 0 Å². The van der Waals surface area contributed by atoms with E-state index in [9.17, 15) is 8.42 Å². The van der Waals surface area contributed by atoms with Gasteiger partial charge in [-0.3, -0.25) is 0 Å². The average molecular weight is 374 g/mol. The summed E-state index contributed by atoms with van der Waals surface area (Å²) in [6.45, 7) is 0. The van der Waals surface area contributed by atoms with Crippen molar-refractivity contribution in [2.24, 2.45) is 5.73 Å². The Morgan fingerprint density at radius 3 is 2.76 bits per heavy atom. The third-order valence-electron chi connectivity index (χ3n) is 2.91. The molecule has 0 radical (unpaired) electrons. The number of hydrogen-bond donors (Lipinski definition) is 1. The molecule has 1 aromatic carbocycles. The van der Waals surface area contributed by atoms with Crippen LogP contribution in [-0.4, -0.2) is 30.6 Å². The van der Waals surface area contributed by atoms with Gasteiger partial charge in [0.1, 0.15) is 9.84 Å². The highest BCUT2D eigenvalue weighted by atomic mass is 79.9. The minimum Gasteiger partial charge on any atom is -0.338 e. The van der Waals surface area contributed by atoms with Crippen LogP contribution < -0.4 is 5.73 Å². The standard InChI is InChI=1S/C13H16BrN3O3S/c1-21(18,19)7-6-11(15)13-16-12(17-20-13)8-9-4-2-3-5-10(9)14/h2-5,11H,6-8,15H2,1H3. The largest absolute Gasteiger partial charge is 0.338 e. The molecular weight excluding hydrogens is 358 g/mol. The summed E-state index contributed by atoms with van der Waals surface area (Å²) in [5.74, 6) is 0.781. The van der Waals surface area contributed by atoms with Crippen molar-refractivity contribution < 1.29 is 12.9 Å². The van der Waals surface area contributed by atoms with Crippen LogP contribution >= 0.6 is 15.9 Å². The molecule has 0 aliphatic rings. The van der Waals surface area contributed by atoms with Crippen molar-refractivity contribution in [1.29, 1.82) is 0 Å². The number of nitrogens with two attached hydrogens (primary N) is 1. The van der Waals surface area contributed by atoms with Gasteiger partial charge in [0.25, 0.3) is 0 Å². The molecule has 6 nitrogen and oxygen atoms in total. The molecule has 1 atom stereocenters. The number of benzene rings is 1. The molecule has 0 amide bonds. The van der Waals surface area contributed by atoms with Crippen LogP contribution in [-0.2, 0) is 16.3 Å². The van der Waals surface area contributed by atoms with Gasteiger partial charge >= 0.3 is 0 Å². The zero-order valence-electron chi connectivity index (χ0n) is 11.5. The second-order valence-electron chi connectivity index (χ2n) is 4.84. The SMILES string of the molecule is CS(=O)(=O)CCC(N)c1nc(Cc2ccccc2Br)no1. The highest BCUT2D eigenvalue weighted by Crippen LogP contribution is 2.19. The van der Waals surface area contributed by atoms with Crippen LogP contribution in [0.4, 0.5) is 0 Å². The molecule has 0 aliphatic heterocycles. The molecule has 2 N–H and O–H groups in total. The van der Waals surface area contributed by atoms with Gasteiger partial charge in [-0.25, -0.2) is 8.42 Å². The van der Waals surface area contributed by atoms with Crippen molar-refractivity contribution in [2.75, 3.05) is 12.0 Å². The fraction of sp³-hybridized carbons (Fsp3) is 0.385. The fourth-order valence-electron chi connectivity index (χ4n) is 1.77. The summed E-state index contributed by atoms with van der Waals surface area (Å²) in [4.78, 5) is 4.23. The maximum atomic E-state index is 11.1. The molecule has 1 unspecified atom stereocenters. The second-order valence-corrected chi connectivity index (χ2v) is 7.96. The Kier molecular flexibility index (Phi) is 5.13. The lowest BCUT2D eigenvalue weighted by Crippen LogP contribution is -2.16. The van der Waals surface area contributed by atoms with Crippen LogP contribution in [0.2, 0.25) is 0 Å². The monoisotopic (exact) mass is 373 g/mol. The molecular formula is C13H16BrN3O3S. The molecule has 0 bridgehead atoms. The van der Waals surface area contributed by atoms with E-state index in [2.05, 4.69) is 26.1 Å². The topological polar surface area (TPSA) is 99.1 Å². The van der Waals surface area contributed by atoms with Crippen molar-refractivity contribution in [2.45, 2.75) is 18.9 Å². The van der Waals surface area contributed by atoms with E-state index in [1.54, 1.807) is 0 Å². The van der Waals surface area contributed by atoms with E-state index in [4.69, 9.17) is 10.3 Å². The van der Waals surface area contributed by atoms with Gasteiger partial charge in [0.15, 0.2) is 5.82 Å². The van der Waals surface area contributed by atoms with Gasteiger partial charge in [0.2, 0.25) is 5.89 Å². The summed E-state index contributed by atoms with van der Waals surface area (Å²) in [7, 11) is -3.05. The number of halogens is 1. The molecule has 0 spiro atoms. The molecule has 0 saturated carbocycles. The Morgan fingerprint density at radius 2 is 2.10 bits per heavy atom. The number of aromatic nitrogens is 2. The molecule has 2 rings (SSSR count). The maximum absolute atomic E-state index is 11.1. The van der Waals surface area contributed by atoms with E-state index in [-0.39, 0.29) is 18.1 Å². The summed E-state index contributed by atoms with van der Waals surface area (Å²) in [5, 5.41) is 3.88. The van der Waals surface area contributed by atoms with E-state index in [0.29, 0.717) is 12.2 Å². The molecule has 8 heteroatoms. The first-order valence-corrected chi connectivity index (χ1v) is 9.19. The summed E-state index contributed by atoms with van der Waals surface area (Å²) in [6.07, 6.45) is 1.95. The second kappa shape index (κ2) is 6.67. The first-order chi connectivity index (χ1) is 9.85. The van der Waals surface area contributed by atoms with Crippen molar-refractivity contribution in [3.63, 3.8) is 0 Å². The predicted octanol–water partition coefficient (Wildman–Crippen LogP) is 1.86. The summed E-state index contributed by atoms with van der Waals surface area (Å²) in [5.41, 5.74) is 6.91. The van der Waals surface area contributed by atoms with Crippen LogP contribution in [0.25, 0.3) is 0 Å². The maximum Gasteiger partial charge on any atom is 0.243 e. The van der Waals surface area contributed by atoms with Gasteiger partial charge in [0.05, 0.1) is 11.8 Å². The average Bonchev–Trinajstić information content (AvgIpc) is 2.86. The predicted molar refractivity (Wildman–Crippen MR) is 82.5 cm³/mol. The van der Waals surface area contributed by atoms with Crippen LogP contribution in [0, 0.1) is 0 Å². The van der Waals surface area contributed by atoms with Gasteiger partial charge in [-0.15, -0.1) is 0 Å². The molecule has 114 valence electrons. The van der Waals surface area contributed by atoms with E-state index < -0.39 is 15.9 Å². The zero-order chi connectivity index (χ0) is 15.5. The molecule has 0 fully saturated rings. The Labute approximate surface area is 131 Å². The minimum absolute atomic E-state index is 0.00386. The molecule has 1 heterocycles. The Morgan fingerprint density at radius 1 is 1.38 bits per heavy atom. The van der Waals surface area contributed by atoms with Gasteiger partial charge in [-0.1, -0.05) is 39.3 Å². The number of sulfone groups is 1. The van der Waals surface area contributed by atoms with Gasteiger partial charge < -0.3 is 10.3 Å². The molecule has 0 saturated heterocycles. The van der Waals surface area contributed by atoms with Crippen LogP contribution in [0.1, 0.15) is 29.7 Å². The fourth-order valence-corrected chi connectivity index (χ4v) is 2.87. The van der Waals surface area contributed by atoms with Crippen molar-refractivity contribution in [1.82, 2.24) is 10.1 Å². The highest BCUT2D eigenvalue weighted by molar-refractivity contribution is 9.10. The molecule has 2 aromatic rings. The summed E-state index contributed by atoms with van der Waals surface area (Å²) < 4.78 is 28.3. The van der Waals surface area contributed by atoms with Gasteiger partial charge in [-0.05, 0) is 18.1 Å². The third-order valence-corrected chi connectivity index (χ3v) is 4.66. The number of nitrogens with zero attached hydrogens (tertiary/aromatic N) is 2. The molecule has 1 aromatic heterocycles. The normalized spacial score (nSPS) is 13.3. The van der Waals surface area contributed by atoms with Gasteiger partial charge in [-0.2, -0.15) is 4.98 Å². The first-order valence-electron chi connectivity index (χ1n) is 6.34. The third kappa shape index (κ3) is 4.90. The lowest BCUT2D eigenvalue weighted by Gasteiger charge is -2.04. The number of rotatable bonds is 6.